The molecule has 0 aliphatic carbocycles. The molecule has 4 nitrogen and oxygen atoms in total. The zero-order valence-corrected chi connectivity index (χ0v) is 15.5. The molecule has 1 atom stereocenters. The van der Waals surface area contributed by atoms with Crippen molar-refractivity contribution in [3.05, 3.63) is 82.3 Å². The van der Waals surface area contributed by atoms with Gasteiger partial charge in [-0.15, -0.1) is 11.3 Å². The molecule has 1 N–H and O–H groups in total. The van der Waals surface area contributed by atoms with Crippen molar-refractivity contribution in [3.63, 3.8) is 0 Å². The Morgan fingerprint density at radius 3 is 2.50 bits per heavy atom. The van der Waals surface area contributed by atoms with Gasteiger partial charge in [-0.2, -0.15) is 0 Å². The summed E-state index contributed by atoms with van der Waals surface area (Å²) in [5.74, 6) is 0. The van der Waals surface area contributed by atoms with Gasteiger partial charge < -0.3 is 10.0 Å². The molecule has 26 heavy (non-hydrogen) atoms. The topological polar surface area (TPSA) is 39.6 Å². The number of hydrogen-bond donors (Lipinski definition) is 1. The van der Waals surface area contributed by atoms with E-state index in [1.165, 1.54) is 4.88 Å². The van der Waals surface area contributed by atoms with Gasteiger partial charge in [-0.1, -0.05) is 30.3 Å². The van der Waals surface area contributed by atoms with Crippen molar-refractivity contribution in [1.29, 1.82) is 0 Å². The third-order valence-electron chi connectivity index (χ3n) is 4.87. The summed E-state index contributed by atoms with van der Waals surface area (Å²) in [4.78, 5) is 10.6. The minimum absolute atomic E-state index is 0.691. The molecule has 0 radical (unpaired) electrons. The quantitative estimate of drug-likeness (QED) is 0.751. The van der Waals surface area contributed by atoms with Crippen LogP contribution in [-0.2, 0) is 6.54 Å². The van der Waals surface area contributed by atoms with Crippen LogP contribution in [0.2, 0.25) is 0 Å². The molecule has 0 spiro atoms. The van der Waals surface area contributed by atoms with E-state index in [1.54, 1.807) is 6.20 Å². The van der Waals surface area contributed by atoms with Crippen molar-refractivity contribution < 1.29 is 5.11 Å². The number of rotatable bonds is 5. The zero-order valence-electron chi connectivity index (χ0n) is 14.7. The Balaban J connectivity index is 1.47. The van der Waals surface area contributed by atoms with E-state index in [4.69, 9.17) is 0 Å². The molecule has 2 aromatic heterocycles. The Morgan fingerprint density at radius 2 is 1.77 bits per heavy atom. The van der Waals surface area contributed by atoms with Crippen molar-refractivity contribution >= 4 is 17.0 Å². The minimum Gasteiger partial charge on any atom is -0.382 e. The van der Waals surface area contributed by atoms with Crippen molar-refractivity contribution in [3.8, 4) is 0 Å². The van der Waals surface area contributed by atoms with Gasteiger partial charge >= 0.3 is 0 Å². The van der Waals surface area contributed by atoms with Crippen molar-refractivity contribution in [1.82, 2.24) is 9.88 Å². The summed E-state index contributed by atoms with van der Waals surface area (Å²) in [7, 11) is 0. The van der Waals surface area contributed by atoms with Crippen LogP contribution >= 0.6 is 11.3 Å². The second-order valence-corrected chi connectivity index (χ2v) is 7.59. The van der Waals surface area contributed by atoms with E-state index < -0.39 is 6.10 Å². The van der Waals surface area contributed by atoms with E-state index in [-0.39, 0.29) is 0 Å². The molecular formula is C21H23N3OS. The highest BCUT2D eigenvalue weighted by atomic mass is 32.1. The molecule has 134 valence electrons. The van der Waals surface area contributed by atoms with Crippen molar-refractivity contribution in [2.24, 2.45) is 0 Å². The van der Waals surface area contributed by atoms with Crippen LogP contribution in [0.25, 0.3) is 0 Å². The fourth-order valence-corrected chi connectivity index (χ4v) is 4.22. The number of nitrogens with zero attached hydrogens (tertiary/aromatic N) is 3. The lowest BCUT2D eigenvalue weighted by atomic mass is 10.0. The van der Waals surface area contributed by atoms with Gasteiger partial charge in [-0.3, -0.25) is 9.88 Å². The van der Waals surface area contributed by atoms with Crippen LogP contribution in [-0.4, -0.2) is 41.2 Å². The SMILES string of the molecule is O[C@H](c1ccccn1)c1ccccc1N1CCN(Cc2cccs2)CC1. The summed E-state index contributed by atoms with van der Waals surface area (Å²) in [5.41, 5.74) is 2.73. The Kier molecular flexibility index (Phi) is 5.29. The third-order valence-corrected chi connectivity index (χ3v) is 5.73. The predicted octanol–water partition coefficient (Wildman–Crippen LogP) is 3.55. The van der Waals surface area contributed by atoms with E-state index in [1.807, 2.05) is 47.7 Å². The van der Waals surface area contributed by atoms with Gasteiger partial charge in [-0.05, 0) is 29.6 Å². The molecule has 1 fully saturated rings. The lowest BCUT2D eigenvalue weighted by Crippen LogP contribution is -2.46. The summed E-state index contributed by atoms with van der Waals surface area (Å²) < 4.78 is 0. The molecular weight excluding hydrogens is 342 g/mol. The number of piperazine rings is 1. The first-order valence-corrected chi connectivity index (χ1v) is 9.87. The minimum atomic E-state index is -0.698. The molecule has 0 saturated carbocycles. The summed E-state index contributed by atoms with van der Waals surface area (Å²) in [6.45, 7) is 5.04. The maximum absolute atomic E-state index is 10.8. The third kappa shape index (κ3) is 3.80. The lowest BCUT2D eigenvalue weighted by molar-refractivity contribution is 0.214. The summed E-state index contributed by atoms with van der Waals surface area (Å²) in [6, 6.07) is 18.1. The number of anilines is 1. The van der Waals surface area contributed by atoms with Gasteiger partial charge in [0.05, 0.1) is 5.69 Å². The average Bonchev–Trinajstić information content (AvgIpc) is 3.22. The fraction of sp³-hybridized carbons (Fsp3) is 0.286. The highest BCUT2D eigenvalue weighted by molar-refractivity contribution is 7.09. The Labute approximate surface area is 158 Å². The van der Waals surface area contributed by atoms with E-state index in [0.717, 1.165) is 44.0 Å². The van der Waals surface area contributed by atoms with Crippen molar-refractivity contribution in [2.45, 2.75) is 12.6 Å². The maximum atomic E-state index is 10.8. The van der Waals surface area contributed by atoms with Gasteiger partial charge in [0.1, 0.15) is 6.10 Å². The normalized spacial score (nSPS) is 16.6. The second-order valence-electron chi connectivity index (χ2n) is 6.56. The first kappa shape index (κ1) is 17.2. The molecule has 3 aromatic rings. The second kappa shape index (κ2) is 7.99. The van der Waals surface area contributed by atoms with Gasteiger partial charge in [0.2, 0.25) is 0 Å². The predicted molar refractivity (Wildman–Crippen MR) is 107 cm³/mol. The van der Waals surface area contributed by atoms with Crippen LogP contribution in [0.1, 0.15) is 22.2 Å². The molecule has 3 heterocycles. The molecule has 1 aliphatic heterocycles. The van der Waals surface area contributed by atoms with E-state index >= 15 is 0 Å². The molecule has 0 bridgehead atoms. The number of pyridine rings is 1. The van der Waals surface area contributed by atoms with Gasteiger partial charge in [0.15, 0.2) is 0 Å². The van der Waals surface area contributed by atoms with E-state index in [0.29, 0.717) is 5.69 Å². The largest absolute Gasteiger partial charge is 0.382 e. The van der Waals surface area contributed by atoms with E-state index in [9.17, 15) is 5.11 Å². The summed E-state index contributed by atoms with van der Waals surface area (Å²) in [5, 5.41) is 13.0. The molecule has 0 unspecified atom stereocenters. The first-order valence-electron chi connectivity index (χ1n) is 8.99. The van der Waals surface area contributed by atoms with Gasteiger partial charge in [-0.25, -0.2) is 0 Å². The summed E-state index contributed by atoms with van der Waals surface area (Å²) >= 11 is 1.82. The number of benzene rings is 1. The number of para-hydroxylation sites is 1. The highest BCUT2D eigenvalue weighted by Crippen LogP contribution is 2.30. The van der Waals surface area contributed by atoms with Crippen LogP contribution in [0, 0.1) is 0 Å². The lowest BCUT2D eigenvalue weighted by Gasteiger charge is -2.37. The summed E-state index contributed by atoms with van der Waals surface area (Å²) in [6.07, 6.45) is 1.03. The number of aliphatic hydroxyl groups excluding tert-OH is 1. The number of aromatic nitrogens is 1. The van der Waals surface area contributed by atoms with Crippen LogP contribution in [0.15, 0.2) is 66.2 Å². The average molecular weight is 366 g/mol. The highest BCUT2D eigenvalue weighted by Gasteiger charge is 2.22. The number of hydrogen-bond acceptors (Lipinski definition) is 5. The smallest absolute Gasteiger partial charge is 0.123 e. The number of thiophene rings is 1. The molecule has 1 saturated heterocycles. The zero-order chi connectivity index (χ0) is 17.8. The van der Waals surface area contributed by atoms with Crippen LogP contribution in [0.3, 0.4) is 0 Å². The maximum Gasteiger partial charge on any atom is 0.123 e. The first-order chi connectivity index (χ1) is 12.8. The fourth-order valence-electron chi connectivity index (χ4n) is 3.47. The molecule has 1 aromatic carbocycles. The monoisotopic (exact) mass is 365 g/mol. The van der Waals surface area contributed by atoms with E-state index in [2.05, 4.69) is 38.4 Å². The molecule has 4 rings (SSSR count). The standard InChI is InChI=1S/C21H23N3OS/c25-21(19-8-3-4-10-22-19)18-7-1-2-9-20(18)24-13-11-23(12-14-24)16-17-6-5-15-26-17/h1-10,15,21,25H,11-14,16H2/t21-/m0/s1. The van der Waals surface area contributed by atoms with Crippen LogP contribution in [0.5, 0.6) is 0 Å². The molecule has 1 aliphatic rings. The van der Waals surface area contributed by atoms with Crippen molar-refractivity contribution in [2.75, 3.05) is 31.1 Å². The molecule has 5 heteroatoms. The van der Waals surface area contributed by atoms with Crippen LogP contribution in [0.4, 0.5) is 5.69 Å². The van der Waals surface area contributed by atoms with Gasteiger partial charge in [0, 0.05) is 55.0 Å². The Hall–Kier alpha value is -2.21. The number of aliphatic hydroxyl groups is 1. The molecule has 0 amide bonds. The Bertz CT molecular complexity index is 814. The Morgan fingerprint density at radius 1 is 0.962 bits per heavy atom. The van der Waals surface area contributed by atoms with Crippen LogP contribution < -0.4 is 4.90 Å². The van der Waals surface area contributed by atoms with Gasteiger partial charge in [0.25, 0.3) is 0 Å².